The number of pyridine rings is 2. The van der Waals surface area contributed by atoms with Crippen molar-refractivity contribution < 1.29 is 13.2 Å². The van der Waals surface area contributed by atoms with Crippen LogP contribution in [0.25, 0.3) is 23.2 Å². The van der Waals surface area contributed by atoms with E-state index in [1.54, 1.807) is 18.3 Å². The summed E-state index contributed by atoms with van der Waals surface area (Å²) in [5, 5.41) is 7.04. The summed E-state index contributed by atoms with van der Waals surface area (Å²) >= 11 is 0. The zero-order chi connectivity index (χ0) is 17.6. The quantitative estimate of drug-likeness (QED) is 0.654. The highest BCUT2D eigenvalue weighted by molar-refractivity contribution is 5.82. The van der Waals surface area contributed by atoms with E-state index in [4.69, 9.17) is 0 Å². The molecule has 8 heteroatoms. The van der Waals surface area contributed by atoms with Gasteiger partial charge in [-0.05, 0) is 6.07 Å². The van der Waals surface area contributed by atoms with E-state index in [1.807, 2.05) is 0 Å². The van der Waals surface area contributed by atoms with Crippen LogP contribution in [0.5, 0.6) is 0 Å². The number of hydrogen-bond donors (Lipinski definition) is 3. The molecule has 1 aliphatic heterocycles. The maximum atomic E-state index is 14.0. The number of benzene rings is 1. The molecule has 0 saturated heterocycles. The molecule has 3 aromatic rings. The van der Waals surface area contributed by atoms with Crippen molar-refractivity contribution in [2.75, 3.05) is 11.9 Å². The highest BCUT2D eigenvalue weighted by atomic mass is 19.1. The summed E-state index contributed by atoms with van der Waals surface area (Å²) in [6.45, 7) is 0.466. The summed E-state index contributed by atoms with van der Waals surface area (Å²) in [4.78, 5) is 19.0. The van der Waals surface area contributed by atoms with Crippen LogP contribution < -0.4 is 26.6 Å². The highest BCUT2D eigenvalue weighted by Gasteiger charge is 2.15. The van der Waals surface area contributed by atoms with Crippen molar-refractivity contribution in [3.8, 4) is 0 Å². The number of aromatic nitrogens is 2. The summed E-state index contributed by atoms with van der Waals surface area (Å²) in [6.07, 6.45) is 4.83. The zero-order valence-electron chi connectivity index (χ0n) is 12.7. The van der Waals surface area contributed by atoms with E-state index in [1.165, 1.54) is 6.20 Å². The molecule has 0 spiro atoms. The molecule has 3 N–H and O–H groups in total. The second-order valence-electron chi connectivity index (χ2n) is 5.48. The molecule has 0 fully saturated rings. The molecule has 3 heterocycles. The number of anilines is 2. The Bertz CT molecular complexity index is 1160. The van der Waals surface area contributed by atoms with Gasteiger partial charge < -0.3 is 15.6 Å². The molecule has 0 unspecified atom stereocenters. The molecule has 126 valence electrons. The molecular weight excluding hydrogens is 333 g/mol. The number of aromatic amines is 1. The Balaban J connectivity index is 2.00. The molecule has 0 saturated carbocycles. The first-order valence-electron chi connectivity index (χ1n) is 7.41. The van der Waals surface area contributed by atoms with Crippen LogP contribution in [-0.4, -0.2) is 16.5 Å². The van der Waals surface area contributed by atoms with Gasteiger partial charge in [0.25, 0.3) is 5.56 Å². The van der Waals surface area contributed by atoms with E-state index in [0.717, 1.165) is 0 Å². The van der Waals surface area contributed by atoms with E-state index in [-0.39, 0.29) is 11.4 Å². The molecule has 0 atom stereocenters. The molecule has 1 aromatic carbocycles. The highest BCUT2D eigenvalue weighted by Crippen LogP contribution is 2.22. The Morgan fingerprint density at radius 2 is 1.88 bits per heavy atom. The Morgan fingerprint density at radius 3 is 2.64 bits per heavy atom. The fourth-order valence-electron chi connectivity index (χ4n) is 2.82. The van der Waals surface area contributed by atoms with Crippen molar-refractivity contribution in [1.29, 1.82) is 0 Å². The van der Waals surface area contributed by atoms with Crippen LogP contribution in [0.1, 0.15) is 0 Å². The fourth-order valence-corrected chi connectivity index (χ4v) is 2.82. The molecule has 0 aliphatic carbocycles. The molecule has 0 amide bonds. The molecule has 0 radical (unpaired) electrons. The minimum atomic E-state index is -1.07. The average Bonchev–Trinajstić information content (AvgIpc) is 2.58. The summed E-state index contributed by atoms with van der Waals surface area (Å²) in [6, 6.07) is 2.75. The number of halogens is 3. The van der Waals surface area contributed by atoms with Gasteiger partial charge in [-0.25, -0.2) is 18.2 Å². The first kappa shape index (κ1) is 15.3. The van der Waals surface area contributed by atoms with E-state index in [2.05, 4.69) is 20.6 Å². The average molecular weight is 344 g/mol. The first-order chi connectivity index (χ1) is 12.0. The minimum Gasteiger partial charge on any atom is -0.387 e. The lowest BCUT2D eigenvalue weighted by Gasteiger charge is -2.13. The van der Waals surface area contributed by atoms with Crippen LogP contribution in [0.4, 0.5) is 24.7 Å². The molecule has 5 nitrogen and oxygen atoms in total. The zero-order valence-corrected chi connectivity index (χ0v) is 12.7. The Labute approximate surface area is 138 Å². The van der Waals surface area contributed by atoms with E-state index < -0.39 is 23.1 Å². The Morgan fingerprint density at radius 1 is 1.12 bits per heavy atom. The predicted molar refractivity (Wildman–Crippen MR) is 88.1 cm³/mol. The molecule has 1 aliphatic rings. The van der Waals surface area contributed by atoms with E-state index >= 15 is 0 Å². The van der Waals surface area contributed by atoms with Crippen LogP contribution in [0.3, 0.4) is 0 Å². The van der Waals surface area contributed by atoms with Crippen molar-refractivity contribution in [3.63, 3.8) is 0 Å². The normalized spacial score (nSPS) is 12.8. The Kier molecular flexibility index (Phi) is 3.45. The van der Waals surface area contributed by atoms with Crippen LogP contribution in [0.2, 0.25) is 0 Å². The third-order valence-corrected chi connectivity index (χ3v) is 3.91. The SMILES string of the molecule is O=c1[nH]ccc2nc(Nc3c(F)cc(F)cc3F)c3c(c12)=CNCC=3. The maximum Gasteiger partial charge on any atom is 0.258 e. The van der Waals surface area contributed by atoms with Gasteiger partial charge in [0.05, 0.1) is 10.9 Å². The number of nitrogens with zero attached hydrogens (tertiary/aromatic N) is 1. The summed E-state index contributed by atoms with van der Waals surface area (Å²) in [5.74, 6) is -2.98. The minimum absolute atomic E-state index is 0.176. The third-order valence-electron chi connectivity index (χ3n) is 3.91. The van der Waals surface area contributed by atoms with Gasteiger partial charge in [0.2, 0.25) is 0 Å². The lowest BCUT2D eigenvalue weighted by molar-refractivity contribution is 0.548. The van der Waals surface area contributed by atoms with Gasteiger partial charge in [0, 0.05) is 41.5 Å². The lowest BCUT2D eigenvalue weighted by atomic mass is 10.1. The number of fused-ring (bicyclic) bond motifs is 3. The fraction of sp³-hybridized carbons (Fsp3) is 0.0588. The van der Waals surface area contributed by atoms with Gasteiger partial charge in [-0.1, -0.05) is 6.08 Å². The Hall–Kier alpha value is -3.29. The number of hydrogen-bond acceptors (Lipinski definition) is 4. The molecule has 2 aromatic heterocycles. The van der Waals surface area contributed by atoms with Gasteiger partial charge in [-0.15, -0.1) is 0 Å². The van der Waals surface area contributed by atoms with Gasteiger partial charge in [0.15, 0.2) is 11.6 Å². The van der Waals surface area contributed by atoms with Crippen LogP contribution in [0.15, 0.2) is 29.2 Å². The maximum absolute atomic E-state index is 14.0. The van der Waals surface area contributed by atoms with Gasteiger partial charge >= 0.3 is 0 Å². The summed E-state index contributed by atoms with van der Waals surface area (Å²) in [5.41, 5.74) is -0.464. The molecule has 0 bridgehead atoms. The predicted octanol–water partition coefficient (Wildman–Crippen LogP) is 1.21. The molecular formula is C17H11F3N4O. The lowest BCUT2D eigenvalue weighted by Crippen LogP contribution is -2.38. The van der Waals surface area contributed by atoms with Crippen molar-refractivity contribution in [3.05, 3.63) is 62.6 Å². The summed E-state index contributed by atoms with van der Waals surface area (Å²) < 4.78 is 41.0. The van der Waals surface area contributed by atoms with Gasteiger partial charge in [0.1, 0.15) is 17.3 Å². The molecule has 4 rings (SSSR count). The van der Waals surface area contributed by atoms with Crippen molar-refractivity contribution >= 4 is 34.7 Å². The van der Waals surface area contributed by atoms with Crippen molar-refractivity contribution in [2.45, 2.75) is 0 Å². The van der Waals surface area contributed by atoms with Crippen molar-refractivity contribution in [2.24, 2.45) is 0 Å². The number of rotatable bonds is 2. The van der Waals surface area contributed by atoms with Gasteiger partial charge in [-0.2, -0.15) is 0 Å². The number of H-pyrrole nitrogens is 1. The first-order valence-corrected chi connectivity index (χ1v) is 7.41. The summed E-state index contributed by atoms with van der Waals surface area (Å²) in [7, 11) is 0. The molecule has 25 heavy (non-hydrogen) atoms. The monoisotopic (exact) mass is 344 g/mol. The van der Waals surface area contributed by atoms with E-state index in [9.17, 15) is 18.0 Å². The topological polar surface area (TPSA) is 69.8 Å². The van der Waals surface area contributed by atoms with E-state index in [0.29, 0.717) is 40.0 Å². The third kappa shape index (κ3) is 2.51. The van der Waals surface area contributed by atoms with Crippen molar-refractivity contribution in [1.82, 2.24) is 15.3 Å². The van der Waals surface area contributed by atoms with Crippen LogP contribution in [-0.2, 0) is 0 Å². The van der Waals surface area contributed by atoms with Crippen LogP contribution in [0, 0.1) is 17.5 Å². The standard InChI is InChI=1S/C17H11F3N4O/c18-8-5-11(19)15(12(20)6-8)24-16-9-1-3-21-7-10(9)14-13(23-16)2-4-22-17(14)25/h1-2,4-7,21H,3H2,(H,22,25)(H,23,24). The number of nitrogens with one attached hydrogen (secondary N) is 3. The second-order valence-corrected chi connectivity index (χ2v) is 5.48. The van der Waals surface area contributed by atoms with Gasteiger partial charge in [-0.3, -0.25) is 4.79 Å². The largest absolute Gasteiger partial charge is 0.387 e. The smallest absolute Gasteiger partial charge is 0.258 e. The second kappa shape index (κ2) is 5.66. The van der Waals surface area contributed by atoms with Crippen LogP contribution >= 0.6 is 0 Å².